The average molecular weight is 369 g/mol. The summed E-state index contributed by atoms with van der Waals surface area (Å²) in [5.74, 6) is 1.59. The minimum atomic E-state index is 0.0221. The van der Waals surface area contributed by atoms with E-state index in [1.54, 1.807) is 0 Å². The van der Waals surface area contributed by atoms with E-state index in [2.05, 4.69) is 21.2 Å². The van der Waals surface area contributed by atoms with Crippen molar-refractivity contribution in [2.45, 2.75) is 6.04 Å². The second kappa shape index (κ2) is 6.26. The zero-order valence-corrected chi connectivity index (χ0v) is 13.9. The molecule has 0 aliphatic carbocycles. The van der Waals surface area contributed by atoms with Crippen molar-refractivity contribution >= 4 is 27.5 Å². The molecule has 1 unspecified atom stereocenters. The van der Waals surface area contributed by atoms with Gasteiger partial charge in [-0.25, -0.2) is 0 Å². The van der Waals surface area contributed by atoms with Crippen LogP contribution in [0.2, 0.25) is 5.02 Å². The summed E-state index contributed by atoms with van der Waals surface area (Å²) in [6.07, 6.45) is 0. The number of benzene rings is 2. The van der Waals surface area contributed by atoms with Crippen LogP contribution in [0.25, 0.3) is 0 Å². The molecule has 0 radical (unpaired) electrons. The Bertz CT molecular complexity index is 663. The summed E-state index contributed by atoms with van der Waals surface area (Å²) in [5, 5.41) is 4.04. The van der Waals surface area contributed by atoms with Gasteiger partial charge in [0, 0.05) is 9.50 Å². The molecule has 21 heavy (non-hydrogen) atoms. The van der Waals surface area contributed by atoms with Gasteiger partial charge in [0.1, 0.15) is 13.2 Å². The third-order valence-electron chi connectivity index (χ3n) is 3.46. The predicted molar refractivity (Wildman–Crippen MR) is 87.5 cm³/mol. The standard InChI is InChI=1S/C16H15BrClNO2/c1-19-16(12-9-11(18)3-4-13(12)17)10-2-5-14-15(8-10)21-7-6-20-14/h2-5,8-9,16,19H,6-7H2,1H3. The molecule has 1 N–H and O–H groups in total. The summed E-state index contributed by atoms with van der Waals surface area (Å²) in [6.45, 7) is 1.18. The third kappa shape index (κ3) is 3.03. The molecule has 0 saturated carbocycles. The number of ether oxygens (including phenoxy) is 2. The zero-order chi connectivity index (χ0) is 14.8. The number of rotatable bonds is 3. The van der Waals surface area contributed by atoms with Gasteiger partial charge in [0.25, 0.3) is 0 Å². The fourth-order valence-electron chi connectivity index (χ4n) is 2.48. The second-order valence-corrected chi connectivity index (χ2v) is 6.08. The van der Waals surface area contributed by atoms with Crippen LogP contribution in [0.3, 0.4) is 0 Å². The first-order valence-electron chi connectivity index (χ1n) is 6.71. The maximum absolute atomic E-state index is 6.13. The van der Waals surface area contributed by atoms with Crippen LogP contribution in [-0.2, 0) is 0 Å². The molecule has 0 aromatic heterocycles. The highest BCUT2D eigenvalue weighted by Gasteiger charge is 2.19. The van der Waals surface area contributed by atoms with Crippen molar-refractivity contribution < 1.29 is 9.47 Å². The smallest absolute Gasteiger partial charge is 0.161 e. The van der Waals surface area contributed by atoms with Crippen molar-refractivity contribution in [3.8, 4) is 11.5 Å². The quantitative estimate of drug-likeness (QED) is 0.881. The topological polar surface area (TPSA) is 30.5 Å². The maximum atomic E-state index is 6.13. The normalized spacial score (nSPS) is 14.8. The molecule has 1 aliphatic heterocycles. The van der Waals surface area contributed by atoms with Crippen molar-refractivity contribution in [2.75, 3.05) is 20.3 Å². The molecule has 5 heteroatoms. The highest BCUT2D eigenvalue weighted by atomic mass is 79.9. The summed E-state index contributed by atoms with van der Waals surface area (Å²) in [5.41, 5.74) is 2.19. The van der Waals surface area contributed by atoms with Gasteiger partial charge in [0.2, 0.25) is 0 Å². The second-order valence-electron chi connectivity index (χ2n) is 4.79. The van der Waals surface area contributed by atoms with Crippen molar-refractivity contribution in [1.82, 2.24) is 5.32 Å². The Kier molecular flexibility index (Phi) is 4.38. The number of hydrogen-bond acceptors (Lipinski definition) is 3. The molecular weight excluding hydrogens is 354 g/mol. The Hall–Kier alpha value is -1.23. The number of nitrogens with one attached hydrogen (secondary N) is 1. The van der Waals surface area contributed by atoms with Gasteiger partial charge in [-0.3, -0.25) is 0 Å². The van der Waals surface area contributed by atoms with Gasteiger partial charge in [-0.1, -0.05) is 33.6 Å². The van der Waals surface area contributed by atoms with Crippen molar-refractivity contribution in [3.05, 3.63) is 57.0 Å². The summed E-state index contributed by atoms with van der Waals surface area (Å²) in [4.78, 5) is 0. The molecule has 110 valence electrons. The fourth-order valence-corrected chi connectivity index (χ4v) is 3.13. The van der Waals surface area contributed by atoms with E-state index in [0.29, 0.717) is 18.2 Å². The fraction of sp³-hybridized carbons (Fsp3) is 0.250. The summed E-state index contributed by atoms with van der Waals surface area (Å²) in [6, 6.07) is 11.8. The molecular formula is C16H15BrClNO2. The summed E-state index contributed by atoms with van der Waals surface area (Å²) < 4.78 is 12.2. The Labute approximate surface area is 137 Å². The van der Waals surface area contributed by atoms with Crippen LogP contribution in [0.1, 0.15) is 17.2 Å². The van der Waals surface area contributed by atoms with E-state index in [0.717, 1.165) is 27.1 Å². The van der Waals surface area contributed by atoms with Gasteiger partial charge in [-0.05, 0) is 48.5 Å². The van der Waals surface area contributed by atoms with Crippen molar-refractivity contribution in [3.63, 3.8) is 0 Å². The van der Waals surface area contributed by atoms with Crippen LogP contribution >= 0.6 is 27.5 Å². The monoisotopic (exact) mass is 367 g/mol. The Morgan fingerprint density at radius 2 is 1.86 bits per heavy atom. The van der Waals surface area contributed by atoms with E-state index in [1.807, 2.05) is 43.4 Å². The first-order valence-corrected chi connectivity index (χ1v) is 7.88. The van der Waals surface area contributed by atoms with Crippen LogP contribution in [-0.4, -0.2) is 20.3 Å². The van der Waals surface area contributed by atoms with Crippen molar-refractivity contribution in [2.24, 2.45) is 0 Å². The first-order chi connectivity index (χ1) is 10.2. The lowest BCUT2D eigenvalue weighted by Crippen LogP contribution is -2.20. The molecule has 2 aromatic carbocycles. The highest BCUT2D eigenvalue weighted by molar-refractivity contribution is 9.10. The predicted octanol–water partition coefficient (Wildman–Crippen LogP) is 4.18. The lowest BCUT2D eigenvalue weighted by molar-refractivity contribution is 0.171. The van der Waals surface area contributed by atoms with E-state index >= 15 is 0 Å². The van der Waals surface area contributed by atoms with Crippen LogP contribution in [0.15, 0.2) is 40.9 Å². The molecule has 1 atom stereocenters. The highest BCUT2D eigenvalue weighted by Crippen LogP contribution is 2.36. The first kappa shape index (κ1) is 14.7. The lowest BCUT2D eigenvalue weighted by atomic mass is 9.98. The van der Waals surface area contributed by atoms with Gasteiger partial charge < -0.3 is 14.8 Å². The Morgan fingerprint density at radius 1 is 1.10 bits per heavy atom. The lowest BCUT2D eigenvalue weighted by Gasteiger charge is -2.23. The van der Waals surface area contributed by atoms with Gasteiger partial charge in [-0.2, -0.15) is 0 Å². The van der Waals surface area contributed by atoms with E-state index in [4.69, 9.17) is 21.1 Å². The maximum Gasteiger partial charge on any atom is 0.161 e. The zero-order valence-electron chi connectivity index (χ0n) is 11.5. The van der Waals surface area contributed by atoms with E-state index in [1.165, 1.54) is 0 Å². The van der Waals surface area contributed by atoms with E-state index in [-0.39, 0.29) is 6.04 Å². The third-order valence-corrected chi connectivity index (χ3v) is 4.41. The number of fused-ring (bicyclic) bond motifs is 1. The SMILES string of the molecule is CNC(c1ccc2c(c1)OCCO2)c1cc(Cl)ccc1Br. The molecule has 0 spiro atoms. The average Bonchev–Trinajstić information content (AvgIpc) is 2.51. The molecule has 3 rings (SSSR count). The minimum Gasteiger partial charge on any atom is -0.486 e. The molecule has 2 aromatic rings. The number of hydrogen-bond donors (Lipinski definition) is 1. The van der Waals surface area contributed by atoms with Crippen molar-refractivity contribution in [1.29, 1.82) is 0 Å². The van der Waals surface area contributed by atoms with E-state index < -0.39 is 0 Å². The molecule has 0 bridgehead atoms. The Morgan fingerprint density at radius 3 is 2.62 bits per heavy atom. The summed E-state index contributed by atoms with van der Waals surface area (Å²) in [7, 11) is 1.93. The molecule has 0 fully saturated rings. The van der Waals surface area contributed by atoms with Gasteiger partial charge in [0.05, 0.1) is 6.04 Å². The molecule has 0 saturated heterocycles. The minimum absolute atomic E-state index is 0.0221. The van der Waals surface area contributed by atoms with Crippen LogP contribution in [0, 0.1) is 0 Å². The molecule has 1 aliphatic rings. The van der Waals surface area contributed by atoms with Crippen LogP contribution in [0.4, 0.5) is 0 Å². The van der Waals surface area contributed by atoms with Gasteiger partial charge in [0.15, 0.2) is 11.5 Å². The molecule has 3 nitrogen and oxygen atoms in total. The van der Waals surface area contributed by atoms with Crippen LogP contribution in [0.5, 0.6) is 11.5 Å². The molecule has 0 amide bonds. The summed E-state index contributed by atoms with van der Waals surface area (Å²) >= 11 is 9.72. The van der Waals surface area contributed by atoms with Crippen LogP contribution < -0.4 is 14.8 Å². The van der Waals surface area contributed by atoms with Gasteiger partial charge >= 0.3 is 0 Å². The number of halogens is 2. The largest absolute Gasteiger partial charge is 0.486 e. The van der Waals surface area contributed by atoms with Gasteiger partial charge in [-0.15, -0.1) is 0 Å². The van der Waals surface area contributed by atoms with E-state index in [9.17, 15) is 0 Å². The Balaban J connectivity index is 2.01. The molecule has 1 heterocycles.